The first-order valence-corrected chi connectivity index (χ1v) is 7.51. The van der Waals surface area contributed by atoms with Gasteiger partial charge in [-0.1, -0.05) is 0 Å². The lowest BCUT2D eigenvalue weighted by atomic mass is 10.1. The molecular weight excluding hydrogens is 266 g/mol. The zero-order chi connectivity index (χ0) is 15.7. The summed E-state index contributed by atoms with van der Waals surface area (Å²) in [7, 11) is 0. The van der Waals surface area contributed by atoms with Crippen molar-refractivity contribution < 1.29 is 9.59 Å². The summed E-state index contributed by atoms with van der Waals surface area (Å²) in [6.45, 7) is 5.90. The Morgan fingerprint density at radius 2 is 1.71 bits per heavy atom. The third-order valence-electron chi connectivity index (χ3n) is 3.32. The molecule has 0 saturated heterocycles. The van der Waals surface area contributed by atoms with Crippen LogP contribution in [-0.2, 0) is 4.79 Å². The molecule has 0 heterocycles. The molecule has 0 bridgehead atoms. The Morgan fingerprint density at radius 3 is 2.24 bits per heavy atom. The van der Waals surface area contributed by atoms with Crippen molar-refractivity contribution in [1.29, 1.82) is 0 Å². The van der Waals surface area contributed by atoms with Gasteiger partial charge in [-0.25, -0.2) is 0 Å². The topological polar surface area (TPSA) is 75.4 Å². The number of carbonyl (C=O) groups is 2. The van der Waals surface area contributed by atoms with Crippen LogP contribution in [0.5, 0.6) is 0 Å². The fourth-order valence-electron chi connectivity index (χ4n) is 2.04. The van der Waals surface area contributed by atoms with E-state index in [1.165, 1.54) is 0 Å². The summed E-state index contributed by atoms with van der Waals surface area (Å²) in [6, 6.07) is 7.02. The van der Waals surface area contributed by atoms with Gasteiger partial charge in [-0.2, -0.15) is 0 Å². The van der Waals surface area contributed by atoms with Gasteiger partial charge in [-0.3, -0.25) is 9.59 Å². The van der Waals surface area contributed by atoms with E-state index in [4.69, 9.17) is 5.73 Å². The lowest BCUT2D eigenvalue weighted by Gasteiger charge is -2.18. The summed E-state index contributed by atoms with van der Waals surface area (Å²) >= 11 is 0. The number of nitrogens with zero attached hydrogens (tertiary/aromatic N) is 1. The molecule has 0 aromatic heterocycles. The third-order valence-corrected chi connectivity index (χ3v) is 3.32. The molecule has 116 valence electrons. The molecule has 0 aliphatic heterocycles. The van der Waals surface area contributed by atoms with Crippen LogP contribution in [0.1, 0.15) is 43.5 Å². The Kier molecular flexibility index (Phi) is 7.46. The Morgan fingerprint density at radius 1 is 1.10 bits per heavy atom. The third kappa shape index (κ3) is 5.55. The second-order valence-electron chi connectivity index (χ2n) is 4.85. The van der Waals surface area contributed by atoms with Crippen LogP contribution in [0.2, 0.25) is 0 Å². The number of rotatable bonds is 8. The quantitative estimate of drug-likeness (QED) is 0.721. The molecule has 1 rings (SSSR count). The molecule has 0 spiro atoms. The molecule has 3 N–H and O–H groups in total. The summed E-state index contributed by atoms with van der Waals surface area (Å²) in [6.07, 6.45) is 2.11. The van der Waals surface area contributed by atoms with Gasteiger partial charge in [0.15, 0.2) is 0 Å². The molecule has 0 radical (unpaired) electrons. The SMILES string of the molecule is CCN(CC)C(=O)c1ccc(NC(=O)CCCCN)cc1. The van der Waals surface area contributed by atoms with Crippen molar-refractivity contribution in [3.05, 3.63) is 29.8 Å². The fourth-order valence-corrected chi connectivity index (χ4v) is 2.04. The van der Waals surface area contributed by atoms with E-state index in [2.05, 4.69) is 5.32 Å². The van der Waals surface area contributed by atoms with Crippen molar-refractivity contribution in [3.63, 3.8) is 0 Å². The highest BCUT2D eigenvalue weighted by Gasteiger charge is 2.12. The van der Waals surface area contributed by atoms with E-state index in [0.717, 1.165) is 12.8 Å². The van der Waals surface area contributed by atoms with Crippen molar-refractivity contribution in [2.24, 2.45) is 5.73 Å². The predicted octanol–water partition coefficient (Wildman–Crippen LogP) is 2.24. The van der Waals surface area contributed by atoms with Gasteiger partial charge in [-0.05, 0) is 57.5 Å². The number of unbranched alkanes of at least 4 members (excludes halogenated alkanes) is 1. The average molecular weight is 291 g/mol. The van der Waals surface area contributed by atoms with Crippen molar-refractivity contribution in [2.75, 3.05) is 25.0 Å². The minimum Gasteiger partial charge on any atom is -0.339 e. The van der Waals surface area contributed by atoms with Crippen LogP contribution in [0.25, 0.3) is 0 Å². The highest BCUT2D eigenvalue weighted by molar-refractivity contribution is 5.95. The van der Waals surface area contributed by atoms with Gasteiger partial charge in [-0.15, -0.1) is 0 Å². The summed E-state index contributed by atoms with van der Waals surface area (Å²) in [5.41, 5.74) is 6.74. The standard InChI is InChI=1S/C16H25N3O2/c1-3-19(4-2)16(21)13-8-10-14(11-9-13)18-15(20)7-5-6-12-17/h8-11H,3-7,12,17H2,1-2H3,(H,18,20). The second-order valence-corrected chi connectivity index (χ2v) is 4.85. The van der Waals surface area contributed by atoms with Gasteiger partial charge in [0.1, 0.15) is 0 Å². The first-order chi connectivity index (χ1) is 10.1. The summed E-state index contributed by atoms with van der Waals surface area (Å²) in [5.74, 6) is -0.00732. The molecule has 0 atom stereocenters. The molecule has 0 aliphatic rings. The Labute approximate surface area is 126 Å². The van der Waals surface area contributed by atoms with Gasteiger partial charge < -0.3 is 16.0 Å². The molecule has 0 unspecified atom stereocenters. The molecule has 2 amide bonds. The van der Waals surface area contributed by atoms with Crippen LogP contribution >= 0.6 is 0 Å². The molecule has 1 aromatic rings. The molecule has 0 saturated carbocycles. The van der Waals surface area contributed by atoms with E-state index in [9.17, 15) is 9.59 Å². The Hall–Kier alpha value is -1.88. The van der Waals surface area contributed by atoms with Gasteiger partial charge in [0.05, 0.1) is 0 Å². The van der Waals surface area contributed by atoms with Crippen molar-refractivity contribution in [3.8, 4) is 0 Å². The normalized spacial score (nSPS) is 10.2. The number of hydrogen-bond acceptors (Lipinski definition) is 3. The first kappa shape index (κ1) is 17.2. The lowest BCUT2D eigenvalue weighted by molar-refractivity contribution is -0.116. The summed E-state index contributed by atoms with van der Waals surface area (Å²) in [4.78, 5) is 25.6. The number of nitrogens with one attached hydrogen (secondary N) is 1. The van der Waals surface area contributed by atoms with E-state index in [-0.39, 0.29) is 11.8 Å². The minimum absolute atomic E-state index is 0.0147. The zero-order valence-electron chi connectivity index (χ0n) is 12.9. The average Bonchev–Trinajstić information content (AvgIpc) is 2.49. The second kappa shape index (κ2) is 9.13. The number of amides is 2. The maximum Gasteiger partial charge on any atom is 0.253 e. The predicted molar refractivity (Wildman–Crippen MR) is 85.2 cm³/mol. The smallest absolute Gasteiger partial charge is 0.253 e. The fraction of sp³-hybridized carbons (Fsp3) is 0.500. The number of nitrogens with two attached hydrogens (primary N) is 1. The zero-order valence-corrected chi connectivity index (χ0v) is 12.9. The van der Waals surface area contributed by atoms with Gasteiger partial charge in [0, 0.05) is 30.8 Å². The van der Waals surface area contributed by atoms with Gasteiger partial charge in [0.2, 0.25) is 5.91 Å². The molecule has 5 nitrogen and oxygen atoms in total. The first-order valence-electron chi connectivity index (χ1n) is 7.51. The van der Waals surface area contributed by atoms with E-state index < -0.39 is 0 Å². The molecule has 5 heteroatoms. The van der Waals surface area contributed by atoms with Gasteiger partial charge in [0.25, 0.3) is 5.91 Å². The van der Waals surface area contributed by atoms with Crippen LogP contribution in [0.3, 0.4) is 0 Å². The number of benzene rings is 1. The van der Waals surface area contributed by atoms with Crippen LogP contribution in [-0.4, -0.2) is 36.3 Å². The number of hydrogen-bond donors (Lipinski definition) is 2. The molecule has 0 aliphatic carbocycles. The van der Waals surface area contributed by atoms with E-state index >= 15 is 0 Å². The van der Waals surface area contributed by atoms with E-state index in [1.54, 1.807) is 29.2 Å². The molecule has 0 fully saturated rings. The van der Waals surface area contributed by atoms with E-state index in [1.807, 2.05) is 13.8 Å². The summed E-state index contributed by atoms with van der Waals surface area (Å²) in [5, 5.41) is 2.82. The highest BCUT2D eigenvalue weighted by atomic mass is 16.2. The minimum atomic E-state index is -0.0220. The van der Waals surface area contributed by atoms with Gasteiger partial charge >= 0.3 is 0 Å². The molecule has 21 heavy (non-hydrogen) atoms. The number of anilines is 1. The Balaban J connectivity index is 2.57. The van der Waals surface area contributed by atoms with Crippen molar-refractivity contribution in [1.82, 2.24) is 4.90 Å². The van der Waals surface area contributed by atoms with E-state index in [0.29, 0.717) is 37.3 Å². The van der Waals surface area contributed by atoms with Crippen LogP contribution in [0.4, 0.5) is 5.69 Å². The van der Waals surface area contributed by atoms with Crippen LogP contribution in [0.15, 0.2) is 24.3 Å². The Bertz CT molecular complexity index is 453. The molecule has 1 aromatic carbocycles. The van der Waals surface area contributed by atoms with Crippen molar-refractivity contribution >= 4 is 17.5 Å². The lowest BCUT2D eigenvalue weighted by Crippen LogP contribution is -2.30. The molecular formula is C16H25N3O2. The largest absolute Gasteiger partial charge is 0.339 e. The van der Waals surface area contributed by atoms with Crippen LogP contribution in [0, 0.1) is 0 Å². The summed E-state index contributed by atoms with van der Waals surface area (Å²) < 4.78 is 0. The maximum absolute atomic E-state index is 12.1. The maximum atomic E-state index is 12.1. The van der Waals surface area contributed by atoms with Crippen molar-refractivity contribution in [2.45, 2.75) is 33.1 Å². The number of carbonyl (C=O) groups excluding carboxylic acids is 2. The monoisotopic (exact) mass is 291 g/mol. The highest BCUT2D eigenvalue weighted by Crippen LogP contribution is 2.12. The van der Waals surface area contributed by atoms with Crippen LogP contribution < -0.4 is 11.1 Å².